The lowest BCUT2D eigenvalue weighted by Crippen LogP contribution is -2.32. The molecule has 0 saturated heterocycles. The van der Waals surface area contributed by atoms with Gasteiger partial charge in [0.1, 0.15) is 5.82 Å². The summed E-state index contributed by atoms with van der Waals surface area (Å²) in [6.45, 7) is 0. The quantitative estimate of drug-likeness (QED) is 0.389. The molecule has 5 aromatic rings. The van der Waals surface area contributed by atoms with Gasteiger partial charge in [-0.05, 0) is 30.2 Å². The van der Waals surface area contributed by atoms with E-state index in [0.717, 1.165) is 16.6 Å². The van der Waals surface area contributed by atoms with Crippen LogP contribution in [0.4, 0.5) is 0 Å². The van der Waals surface area contributed by atoms with Gasteiger partial charge < -0.3 is 10.3 Å². The van der Waals surface area contributed by atoms with Crippen molar-refractivity contribution in [2.24, 2.45) is 0 Å². The number of para-hydroxylation sites is 2. The van der Waals surface area contributed by atoms with Crippen molar-refractivity contribution in [3.8, 4) is 0 Å². The third-order valence-electron chi connectivity index (χ3n) is 5.46. The monoisotopic (exact) mass is 423 g/mol. The first-order chi connectivity index (χ1) is 15.7. The summed E-state index contributed by atoms with van der Waals surface area (Å²) in [5.74, 6) is 0.499. The highest BCUT2D eigenvalue weighted by Crippen LogP contribution is 2.20. The van der Waals surface area contributed by atoms with Crippen LogP contribution in [0.25, 0.3) is 21.8 Å². The maximum atomic E-state index is 13.0. The zero-order chi connectivity index (χ0) is 21.9. The summed E-state index contributed by atoms with van der Waals surface area (Å²) in [6.07, 6.45) is 0.634. The number of hydrogen-bond donors (Lipinski definition) is 3. The summed E-state index contributed by atoms with van der Waals surface area (Å²) in [4.78, 5) is 33.1. The Hall–Kier alpha value is -4.26. The van der Waals surface area contributed by atoms with E-state index in [-0.39, 0.29) is 23.9 Å². The van der Waals surface area contributed by atoms with Gasteiger partial charge in [0.2, 0.25) is 5.91 Å². The predicted octanol–water partition coefficient (Wildman–Crippen LogP) is 3.44. The fraction of sp³-hybridized carbons (Fsp3) is 0.120. The highest BCUT2D eigenvalue weighted by molar-refractivity contribution is 5.88. The lowest BCUT2D eigenvalue weighted by Gasteiger charge is -2.17. The van der Waals surface area contributed by atoms with Crippen molar-refractivity contribution in [1.82, 2.24) is 25.5 Å². The van der Waals surface area contributed by atoms with E-state index in [0.29, 0.717) is 28.7 Å². The van der Waals surface area contributed by atoms with E-state index in [1.165, 1.54) is 0 Å². The summed E-state index contributed by atoms with van der Waals surface area (Å²) >= 11 is 0. The number of benzene rings is 3. The molecule has 3 aromatic carbocycles. The molecule has 2 heterocycles. The standard InChI is InChI=1S/C25H21N5O2/c31-23(15-21-17-10-4-5-11-18(17)25(32)30-29-21)26-22(14-16-8-2-1-3-9-16)24-27-19-12-6-7-13-20(19)28-24/h1-13,22H,14-15H2,(H,26,31)(H,27,28)(H,30,32). The van der Waals surface area contributed by atoms with Crippen molar-refractivity contribution in [2.45, 2.75) is 18.9 Å². The number of imidazole rings is 1. The van der Waals surface area contributed by atoms with Crippen LogP contribution in [-0.2, 0) is 17.6 Å². The van der Waals surface area contributed by atoms with Crippen LogP contribution in [0.2, 0.25) is 0 Å². The number of carbonyl (C=O) groups excluding carboxylic acids is 1. The molecule has 5 rings (SSSR count). The summed E-state index contributed by atoms with van der Waals surface area (Å²) in [5.41, 5.74) is 3.12. The van der Waals surface area contributed by atoms with Crippen molar-refractivity contribution in [2.75, 3.05) is 0 Å². The van der Waals surface area contributed by atoms with Gasteiger partial charge in [0.05, 0.1) is 34.6 Å². The van der Waals surface area contributed by atoms with Crippen LogP contribution >= 0.6 is 0 Å². The van der Waals surface area contributed by atoms with Crippen LogP contribution in [-0.4, -0.2) is 26.1 Å². The Kier molecular flexibility index (Phi) is 5.21. The van der Waals surface area contributed by atoms with E-state index in [1.807, 2.05) is 60.7 Å². The number of nitrogens with one attached hydrogen (secondary N) is 3. The van der Waals surface area contributed by atoms with Gasteiger partial charge in [-0.3, -0.25) is 9.59 Å². The first kappa shape index (κ1) is 19.7. The van der Waals surface area contributed by atoms with E-state index in [4.69, 9.17) is 4.98 Å². The van der Waals surface area contributed by atoms with Crippen LogP contribution in [0.3, 0.4) is 0 Å². The third kappa shape index (κ3) is 4.00. The molecular formula is C25H21N5O2. The van der Waals surface area contributed by atoms with Crippen LogP contribution in [0.1, 0.15) is 23.1 Å². The van der Waals surface area contributed by atoms with E-state index in [1.54, 1.807) is 18.2 Å². The molecule has 0 radical (unpaired) electrons. The number of fused-ring (bicyclic) bond motifs is 2. The van der Waals surface area contributed by atoms with E-state index >= 15 is 0 Å². The van der Waals surface area contributed by atoms with Crippen molar-refractivity contribution >= 4 is 27.7 Å². The molecule has 0 fully saturated rings. The van der Waals surface area contributed by atoms with Crippen molar-refractivity contribution in [3.63, 3.8) is 0 Å². The Bertz CT molecular complexity index is 1420. The molecule has 32 heavy (non-hydrogen) atoms. The molecule has 2 aromatic heterocycles. The molecule has 0 aliphatic carbocycles. The lowest BCUT2D eigenvalue weighted by atomic mass is 10.0. The molecule has 7 nitrogen and oxygen atoms in total. The average molecular weight is 423 g/mol. The zero-order valence-electron chi connectivity index (χ0n) is 17.2. The molecule has 0 aliphatic rings. The first-order valence-corrected chi connectivity index (χ1v) is 10.4. The van der Waals surface area contributed by atoms with Gasteiger partial charge in [-0.2, -0.15) is 5.10 Å². The van der Waals surface area contributed by atoms with E-state index in [9.17, 15) is 9.59 Å². The fourth-order valence-electron chi connectivity index (χ4n) is 3.91. The van der Waals surface area contributed by atoms with Gasteiger partial charge in [-0.15, -0.1) is 0 Å². The average Bonchev–Trinajstić information content (AvgIpc) is 3.26. The molecule has 0 spiro atoms. The topological polar surface area (TPSA) is 104 Å². The molecule has 1 amide bonds. The van der Waals surface area contributed by atoms with Gasteiger partial charge in [0.25, 0.3) is 5.56 Å². The molecule has 0 aliphatic heterocycles. The first-order valence-electron chi connectivity index (χ1n) is 10.4. The Balaban J connectivity index is 1.44. The molecule has 158 valence electrons. The lowest BCUT2D eigenvalue weighted by molar-refractivity contribution is -0.121. The predicted molar refractivity (Wildman–Crippen MR) is 123 cm³/mol. The SMILES string of the molecule is O=C(Cc1n[nH]c(=O)c2ccccc12)NC(Cc1ccccc1)c1nc2ccccc2[nH]1. The van der Waals surface area contributed by atoms with Crippen molar-refractivity contribution < 1.29 is 4.79 Å². The number of hydrogen-bond acceptors (Lipinski definition) is 4. The summed E-state index contributed by atoms with van der Waals surface area (Å²) in [7, 11) is 0. The van der Waals surface area contributed by atoms with Crippen molar-refractivity contribution in [1.29, 1.82) is 0 Å². The smallest absolute Gasteiger partial charge is 0.272 e. The Morgan fingerprint density at radius 3 is 2.44 bits per heavy atom. The summed E-state index contributed by atoms with van der Waals surface area (Å²) in [6, 6.07) is 24.6. The van der Waals surface area contributed by atoms with Crippen molar-refractivity contribution in [3.05, 3.63) is 106 Å². The summed E-state index contributed by atoms with van der Waals surface area (Å²) in [5, 5.41) is 10.9. The number of amides is 1. The van der Waals surface area contributed by atoms with E-state index in [2.05, 4.69) is 20.5 Å². The molecule has 3 N–H and O–H groups in total. The second-order valence-corrected chi connectivity index (χ2v) is 7.67. The Morgan fingerprint density at radius 1 is 0.906 bits per heavy atom. The minimum Gasteiger partial charge on any atom is -0.345 e. The van der Waals surface area contributed by atoms with Crippen LogP contribution in [0.5, 0.6) is 0 Å². The third-order valence-corrected chi connectivity index (χ3v) is 5.46. The number of rotatable bonds is 6. The molecule has 7 heteroatoms. The maximum Gasteiger partial charge on any atom is 0.272 e. The fourth-order valence-corrected chi connectivity index (χ4v) is 3.91. The zero-order valence-corrected chi connectivity index (χ0v) is 17.2. The maximum absolute atomic E-state index is 13.0. The molecule has 1 unspecified atom stereocenters. The van der Waals surface area contributed by atoms with E-state index < -0.39 is 0 Å². The Morgan fingerprint density at radius 2 is 1.62 bits per heavy atom. The molecule has 0 bridgehead atoms. The van der Waals surface area contributed by atoms with Gasteiger partial charge >= 0.3 is 0 Å². The second kappa shape index (κ2) is 8.47. The van der Waals surface area contributed by atoms with Crippen LogP contribution < -0.4 is 10.9 Å². The largest absolute Gasteiger partial charge is 0.345 e. The normalized spacial score (nSPS) is 12.1. The number of nitrogens with zero attached hydrogens (tertiary/aromatic N) is 2. The number of aromatic nitrogens is 4. The second-order valence-electron chi connectivity index (χ2n) is 7.67. The summed E-state index contributed by atoms with van der Waals surface area (Å²) < 4.78 is 0. The van der Waals surface area contributed by atoms with Crippen LogP contribution in [0.15, 0.2) is 83.7 Å². The van der Waals surface area contributed by atoms with Gasteiger partial charge in [-0.25, -0.2) is 10.1 Å². The molecule has 1 atom stereocenters. The van der Waals surface area contributed by atoms with Crippen LogP contribution in [0, 0.1) is 0 Å². The van der Waals surface area contributed by atoms with Gasteiger partial charge in [0.15, 0.2) is 0 Å². The Labute approximate surface area is 183 Å². The highest BCUT2D eigenvalue weighted by atomic mass is 16.1. The minimum atomic E-state index is -0.341. The molecule has 0 saturated carbocycles. The number of carbonyl (C=O) groups is 1. The molecular weight excluding hydrogens is 402 g/mol. The highest BCUT2D eigenvalue weighted by Gasteiger charge is 2.20. The minimum absolute atomic E-state index is 0.0445. The van der Waals surface area contributed by atoms with Gasteiger partial charge in [-0.1, -0.05) is 60.7 Å². The van der Waals surface area contributed by atoms with Gasteiger partial charge in [0, 0.05) is 5.39 Å². The number of H-pyrrole nitrogens is 2. The number of aromatic amines is 2.